The number of hydrogen-bond donors (Lipinski definition) is 2. The van der Waals surface area contributed by atoms with E-state index in [2.05, 4.69) is 0 Å². The lowest BCUT2D eigenvalue weighted by Gasteiger charge is -2.36. The van der Waals surface area contributed by atoms with E-state index in [-0.39, 0.29) is 5.56 Å². The Morgan fingerprint density at radius 3 is 2.38 bits per heavy atom. The van der Waals surface area contributed by atoms with Crippen molar-refractivity contribution in [2.24, 2.45) is 5.73 Å². The summed E-state index contributed by atoms with van der Waals surface area (Å²) in [5.74, 6) is -4.14. The van der Waals surface area contributed by atoms with Crippen LogP contribution in [0.4, 0.5) is 14.5 Å². The van der Waals surface area contributed by atoms with Gasteiger partial charge in [0.1, 0.15) is 5.75 Å². The molecule has 2 rings (SSSR count). The van der Waals surface area contributed by atoms with Gasteiger partial charge in [-0.1, -0.05) is 6.07 Å². The van der Waals surface area contributed by atoms with Gasteiger partial charge < -0.3 is 15.7 Å². The average Bonchev–Trinajstić information content (AvgIpc) is 2.54. The van der Waals surface area contributed by atoms with E-state index < -0.39 is 46.7 Å². The highest BCUT2D eigenvalue weighted by Crippen LogP contribution is 2.29. The molecular formula is C19H20F2N2O3. The summed E-state index contributed by atoms with van der Waals surface area (Å²) in [6.45, 7) is 5.26. The van der Waals surface area contributed by atoms with Crippen LogP contribution < -0.4 is 10.6 Å². The predicted molar refractivity (Wildman–Crippen MR) is 93.9 cm³/mol. The second-order valence-electron chi connectivity index (χ2n) is 6.85. The fraction of sp³-hybridized carbons (Fsp3) is 0.263. The molecule has 3 N–H and O–H groups in total. The first-order valence-corrected chi connectivity index (χ1v) is 7.91. The molecule has 0 fully saturated rings. The van der Waals surface area contributed by atoms with Gasteiger partial charge >= 0.3 is 0 Å². The van der Waals surface area contributed by atoms with Gasteiger partial charge in [-0.25, -0.2) is 8.78 Å². The Bertz CT molecular complexity index is 860. The summed E-state index contributed by atoms with van der Waals surface area (Å²) >= 11 is 0. The van der Waals surface area contributed by atoms with Crippen LogP contribution in [0.2, 0.25) is 0 Å². The smallest absolute Gasteiger partial charge is 0.248 e. The van der Waals surface area contributed by atoms with Crippen molar-refractivity contribution >= 4 is 17.5 Å². The van der Waals surface area contributed by atoms with Crippen LogP contribution in [0.5, 0.6) is 5.75 Å². The molecule has 0 aliphatic rings. The van der Waals surface area contributed by atoms with Gasteiger partial charge in [0.2, 0.25) is 11.8 Å². The molecule has 2 amide bonds. The molecule has 26 heavy (non-hydrogen) atoms. The van der Waals surface area contributed by atoms with Gasteiger partial charge in [0.15, 0.2) is 11.6 Å². The number of carbonyl (C=O) groups excluding carboxylic acids is 2. The van der Waals surface area contributed by atoms with Gasteiger partial charge in [-0.3, -0.25) is 9.59 Å². The third kappa shape index (κ3) is 3.99. The molecule has 0 saturated carbocycles. The summed E-state index contributed by atoms with van der Waals surface area (Å²) < 4.78 is 27.4. The number of amides is 2. The monoisotopic (exact) mass is 362 g/mol. The number of benzene rings is 2. The molecule has 7 heteroatoms. The maximum absolute atomic E-state index is 14.0. The Morgan fingerprint density at radius 1 is 1.15 bits per heavy atom. The Labute approximate surface area is 150 Å². The minimum atomic E-state index is -1.27. The van der Waals surface area contributed by atoms with Crippen molar-refractivity contribution in [1.29, 1.82) is 0 Å². The van der Waals surface area contributed by atoms with E-state index >= 15 is 0 Å². The summed E-state index contributed by atoms with van der Waals surface area (Å²) in [5, 5.41) is 9.80. The van der Waals surface area contributed by atoms with Gasteiger partial charge in [-0.2, -0.15) is 0 Å². The van der Waals surface area contributed by atoms with Crippen LogP contribution in [0, 0.1) is 11.6 Å². The van der Waals surface area contributed by atoms with E-state index in [1.807, 2.05) is 0 Å². The van der Waals surface area contributed by atoms with Crippen molar-refractivity contribution in [2.45, 2.75) is 32.7 Å². The molecule has 0 radical (unpaired) electrons. The quantitative estimate of drug-likeness (QED) is 0.876. The highest BCUT2D eigenvalue weighted by Gasteiger charge is 2.30. The molecule has 0 saturated heterocycles. The largest absolute Gasteiger partial charge is 0.508 e. The first-order chi connectivity index (χ1) is 12.0. The molecule has 0 aliphatic heterocycles. The van der Waals surface area contributed by atoms with Gasteiger partial charge in [0.25, 0.3) is 0 Å². The lowest BCUT2D eigenvalue weighted by Crippen LogP contribution is -2.47. The highest BCUT2D eigenvalue weighted by molar-refractivity contribution is 5.99. The molecule has 0 heterocycles. The van der Waals surface area contributed by atoms with Crippen LogP contribution >= 0.6 is 0 Å². The molecule has 0 spiro atoms. The van der Waals surface area contributed by atoms with E-state index in [9.17, 15) is 23.5 Å². The predicted octanol–water partition coefficient (Wildman–Crippen LogP) is 3.14. The fourth-order valence-electron chi connectivity index (χ4n) is 2.68. The summed E-state index contributed by atoms with van der Waals surface area (Å²) in [6.07, 6.45) is -0.548. The molecule has 138 valence electrons. The van der Waals surface area contributed by atoms with E-state index in [0.717, 1.165) is 12.1 Å². The summed E-state index contributed by atoms with van der Waals surface area (Å²) in [5.41, 5.74) is 4.73. The third-order valence-corrected chi connectivity index (χ3v) is 3.81. The topological polar surface area (TPSA) is 83.6 Å². The number of halogens is 2. The second kappa shape index (κ2) is 7.11. The molecule has 2 aromatic rings. The molecule has 0 aromatic heterocycles. The zero-order valence-electron chi connectivity index (χ0n) is 14.7. The van der Waals surface area contributed by atoms with Crippen molar-refractivity contribution in [3.05, 3.63) is 59.2 Å². The Morgan fingerprint density at radius 2 is 1.81 bits per heavy atom. The summed E-state index contributed by atoms with van der Waals surface area (Å²) in [7, 11) is 0. The number of primary amides is 1. The molecule has 0 atom stereocenters. The molecule has 5 nitrogen and oxygen atoms in total. The summed E-state index contributed by atoms with van der Waals surface area (Å²) in [4.78, 5) is 25.6. The first kappa shape index (κ1) is 19.4. The van der Waals surface area contributed by atoms with Crippen LogP contribution in [0.3, 0.4) is 0 Å². The highest BCUT2D eigenvalue weighted by atomic mass is 19.2. The number of phenolic OH excluding ortho intramolecular Hbond substituents is 1. The SMILES string of the molecule is CC(C)(C)N(C(=O)Cc1c(O)ccc(F)c1F)c1cccc(C(N)=O)c1. The molecular weight excluding hydrogens is 342 g/mol. The van der Waals surface area contributed by atoms with Gasteiger partial charge in [0.05, 0.1) is 6.42 Å². The molecule has 0 bridgehead atoms. The second-order valence-corrected chi connectivity index (χ2v) is 6.85. The van der Waals surface area contributed by atoms with Crippen molar-refractivity contribution in [3.63, 3.8) is 0 Å². The van der Waals surface area contributed by atoms with Gasteiger partial charge in [-0.15, -0.1) is 0 Å². The number of hydrogen-bond acceptors (Lipinski definition) is 3. The Hall–Kier alpha value is -2.96. The standard InChI is InChI=1S/C19H20F2N2O3/c1-19(2,3)23(12-6-4-5-11(9-12)18(22)26)16(25)10-13-15(24)8-7-14(20)17(13)21/h4-9,24H,10H2,1-3H3,(H2,22,26). The van der Waals surface area contributed by atoms with Crippen molar-refractivity contribution in [2.75, 3.05) is 4.90 Å². The number of nitrogens with zero attached hydrogens (tertiary/aromatic N) is 1. The normalized spacial score (nSPS) is 11.3. The van der Waals surface area contributed by atoms with E-state index in [1.165, 1.54) is 17.0 Å². The van der Waals surface area contributed by atoms with Gasteiger partial charge in [0, 0.05) is 22.4 Å². The minimum Gasteiger partial charge on any atom is -0.508 e. The number of anilines is 1. The van der Waals surface area contributed by atoms with Crippen LogP contribution in [0.25, 0.3) is 0 Å². The molecule has 0 aliphatic carbocycles. The lowest BCUT2D eigenvalue weighted by atomic mass is 10.0. The zero-order valence-corrected chi connectivity index (χ0v) is 14.7. The van der Waals surface area contributed by atoms with E-state index in [1.54, 1.807) is 32.9 Å². The Balaban J connectivity index is 2.46. The number of nitrogens with two attached hydrogens (primary N) is 1. The van der Waals surface area contributed by atoms with Crippen LogP contribution in [-0.2, 0) is 11.2 Å². The minimum absolute atomic E-state index is 0.212. The maximum atomic E-state index is 14.0. The van der Waals surface area contributed by atoms with Crippen molar-refractivity contribution in [1.82, 2.24) is 0 Å². The van der Waals surface area contributed by atoms with E-state index in [0.29, 0.717) is 5.69 Å². The van der Waals surface area contributed by atoms with Crippen LogP contribution in [0.15, 0.2) is 36.4 Å². The number of carbonyl (C=O) groups is 2. The zero-order chi connectivity index (χ0) is 19.6. The Kier molecular flexibility index (Phi) is 5.30. The maximum Gasteiger partial charge on any atom is 0.248 e. The summed E-state index contributed by atoms with van der Waals surface area (Å²) in [6, 6.07) is 7.92. The van der Waals surface area contributed by atoms with Crippen LogP contribution in [0.1, 0.15) is 36.7 Å². The van der Waals surface area contributed by atoms with Crippen molar-refractivity contribution < 1.29 is 23.5 Å². The molecule has 0 unspecified atom stereocenters. The average molecular weight is 362 g/mol. The number of phenols is 1. The lowest BCUT2D eigenvalue weighted by molar-refractivity contribution is -0.119. The number of rotatable bonds is 4. The van der Waals surface area contributed by atoms with Crippen LogP contribution in [-0.4, -0.2) is 22.5 Å². The van der Waals surface area contributed by atoms with Gasteiger partial charge in [-0.05, 0) is 51.1 Å². The third-order valence-electron chi connectivity index (χ3n) is 3.81. The molecule has 2 aromatic carbocycles. The van der Waals surface area contributed by atoms with E-state index in [4.69, 9.17) is 5.73 Å². The number of aromatic hydroxyl groups is 1. The van der Waals surface area contributed by atoms with Crippen molar-refractivity contribution in [3.8, 4) is 5.75 Å². The fourth-order valence-corrected chi connectivity index (χ4v) is 2.68. The first-order valence-electron chi connectivity index (χ1n) is 7.91.